The Labute approximate surface area is 151 Å². The fourth-order valence-electron chi connectivity index (χ4n) is 4.60. The van der Waals surface area contributed by atoms with Crippen LogP contribution >= 0.6 is 0 Å². The first kappa shape index (κ1) is 18.0. The standard InChI is InChI=1S/C22H29NO2/c1-23(2)21(17-10-5-4-6-11-17)22(15-8-7-14-20(22)24)18-12-9-13-19(16-18)25-3/h4-6,9-13,16,20-21,24H,7-8,14-15H2,1-3H3. The lowest BCUT2D eigenvalue weighted by atomic mass is 9.61. The van der Waals surface area contributed by atoms with Crippen LogP contribution < -0.4 is 4.74 Å². The molecule has 0 heterocycles. The van der Waals surface area contributed by atoms with E-state index in [1.165, 1.54) is 11.1 Å². The number of hydrogen-bond acceptors (Lipinski definition) is 3. The number of aliphatic hydroxyl groups excluding tert-OH is 1. The van der Waals surface area contributed by atoms with Gasteiger partial charge in [0.25, 0.3) is 0 Å². The number of nitrogens with zero attached hydrogens (tertiary/aromatic N) is 1. The van der Waals surface area contributed by atoms with E-state index in [1.54, 1.807) is 7.11 Å². The number of rotatable bonds is 5. The van der Waals surface area contributed by atoms with Crippen molar-refractivity contribution in [1.29, 1.82) is 0 Å². The van der Waals surface area contributed by atoms with Gasteiger partial charge in [0.15, 0.2) is 0 Å². The largest absolute Gasteiger partial charge is 0.497 e. The Morgan fingerprint density at radius 1 is 1.08 bits per heavy atom. The maximum atomic E-state index is 11.2. The van der Waals surface area contributed by atoms with Gasteiger partial charge in [-0.05, 0) is 50.2 Å². The molecule has 1 N–H and O–H groups in total. The minimum atomic E-state index is -0.374. The van der Waals surface area contributed by atoms with Crippen molar-refractivity contribution >= 4 is 0 Å². The van der Waals surface area contributed by atoms with Gasteiger partial charge in [-0.15, -0.1) is 0 Å². The van der Waals surface area contributed by atoms with Gasteiger partial charge >= 0.3 is 0 Å². The van der Waals surface area contributed by atoms with Crippen LogP contribution in [0.3, 0.4) is 0 Å². The quantitative estimate of drug-likeness (QED) is 0.887. The highest BCUT2D eigenvalue weighted by molar-refractivity contribution is 5.40. The third-order valence-corrected chi connectivity index (χ3v) is 5.64. The minimum absolute atomic E-state index is 0.108. The van der Waals surface area contributed by atoms with Gasteiger partial charge in [-0.25, -0.2) is 0 Å². The van der Waals surface area contributed by atoms with Crippen LogP contribution in [0.4, 0.5) is 0 Å². The second kappa shape index (κ2) is 7.59. The fraction of sp³-hybridized carbons (Fsp3) is 0.455. The van der Waals surface area contributed by atoms with E-state index < -0.39 is 0 Å². The molecule has 3 heteroatoms. The first-order chi connectivity index (χ1) is 12.1. The maximum absolute atomic E-state index is 11.2. The van der Waals surface area contributed by atoms with E-state index in [2.05, 4.69) is 55.4 Å². The van der Waals surface area contributed by atoms with E-state index in [1.807, 2.05) is 18.2 Å². The van der Waals surface area contributed by atoms with Crippen molar-refractivity contribution in [2.75, 3.05) is 21.2 Å². The summed E-state index contributed by atoms with van der Waals surface area (Å²) >= 11 is 0. The Bertz CT molecular complexity index is 685. The molecule has 3 nitrogen and oxygen atoms in total. The number of benzene rings is 2. The third kappa shape index (κ3) is 3.31. The van der Waals surface area contributed by atoms with E-state index in [9.17, 15) is 5.11 Å². The van der Waals surface area contributed by atoms with Gasteiger partial charge in [0.1, 0.15) is 5.75 Å². The Morgan fingerprint density at radius 2 is 1.84 bits per heavy atom. The van der Waals surface area contributed by atoms with Crippen LogP contribution in [0.2, 0.25) is 0 Å². The number of methoxy groups -OCH3 is 1. The zero-order valence-electron chi connectivity index (χ0n) is 15.5. The van der Waals surface area contributed by atoms with Crippen LogP contribution in [0.15, 0.2) is 54.6 Å². The van der Waals surface area contributed by atoms with Crippen molar-refractivity contribution in [2.24, 2.45) is 0 Å². The lowest BCUT2D eigenvalue weighted by molar-refractivity contribution is -0.00891. The molecule has 0 amide bonds. The smallest absolute Gasteiger partial charge is 0.119 e. The zero-order chi connectivity index (χ0) is 17.9. The molecule has 0 aromatic heterocycles. The Kier molecular flexibility index (Phi) is 5.45. The van der Waals surface area contributed by atoms with E-state index >= 15 is 0 Å². The molecule has 0 radical (unpaired) electrons. The van der Waals surface area contributed by atoms with E-state index in [4.69, 9.17) is 4.74 Å². The normalized spacial score (nSPS) is 24.9. The lowest BCUT2D eigenvalue weighted by Gasteiger charge is -2.50. The summed E-state index contributed by atoms with van der Waals surface area (Å²) in [6, 6.07) is 18.9. The molecule has 134 valence electrons. The Morgan fingerprint density at radius 3 is 2.48 bits per heavy atom. The molecular formula is C22H29NO2. The topological polar surface area (TPSA) is 32.7 Å². The van der Waals surface area contributed by atoms with Crippen LogP contribution in [0, 0.1) is 0 Å². The van der Waals surface area contributed by atoms with Crippen molar-refractivity contribution < 1.29 is 9.84 Å². The van der Waals surface area contributed by atoms with Gasteiger partial charge in [-0.2, -0.15) is 0 Å². The molecule has 1 aliphatic carbocycles. The summed E-state index contributed by atoms with van der Waals surface area (Å²) in [5, 5.41) is 11.2. The Hall–Kier alpha value is -1.84. The van der Waals surface area contributed by atoms with Crippen molar-refractivity contribution in [2.45, 2.75) is 43.2 Å². The molecular weight excluding hydrogens is 310 g/mol. The van der Waals surface area contributed by atoms with Gasteiger partial charge in [0, 0.05) is 11.5 Å². The second-order valence-electron chi connectivity index (χ2n) is 7.31. The highest BCUT2D eigenvalue weighted by Crippen LogP contribution is 2.50. The van der Waals surface area contributed by atoms with Crippen molar-refractivity contribution in [3.63, 3.8) is 0 Å². The SMILES string of the molecule is COc1cccc(C2(C(c3ccccc3)N(C)C)CCCCC2O)c1. The molecule has 1 fully saturated rings. The molecule has 3 unspecified atom stereocenters. The van der Waals surface area contributed by atoms with Crippen LogP contribution in [0.25, 0.3) is 0 Å². The predicted molar refractivity (Wildman–Crippen MR) is 102 cm³/mol. The summed E-state index contributed by atoms with van der Waals surface area (Å²) in [4.78, 5) is 2.25. The van der Waals surface area contributed by atoms with Gasteiger partial charge in [0.05, 0.1) is 13.2 Å². The van der Waals surface area contributed by atoms with Gasteiger partial charge in [0.2, 0.25) is 0 Å². The molecule has 0 saturated heterocycles. The second-order valence-corrected chi connectivity index (χ2v) is 7.31. The summed E-state index contributed by atoms with van der Waals surface area (Å²) in [6.45, 7) is 0. The molecule has 0 bridgehead atoms. The summed E-state index contributed by atoms with van der Waals surface area (Å²) in [5.41, 5.74) is 2.08. The monoisotopic (exact) mass is 339 g/mol. The number of aliphatic hydroxyl groups is 1. The average molecular weight is 339 g/mol. The van der Waals surface area contributed by atoms with Gasteiger partial charge in [-0.1, -0.05) is 55.3 Å². The van der Waals surface area contributed by atoms with Crippen LogP contribution in [0.1, 0.15) is 42.9 Å². The number of ether oxygens (including phenoxy) is 1. The van der Waals surface area contributed by atoms with Gasteiger partial charge in [-0.3, -0.25) is 0 Å². The number of likely N-dealkylation sites (N-methyl/N-ethyl adjacent to an activating group) is 1. The molecule has 1 aliphatic rings. The molecule has 2 aromatic carbocycles. The van der Waals surface area contributed by atoms with Crippen LogP contribution in [-0.2, 0) is 5.41 Å². The molecule has 0 aliphatic heterocycles. The highest BCUT2D eigenvalue weighted by Gasteiger charge is 2.49. The van der Waals surface area contributed by atoms with Crippen LogP contribution in [-0.4, -0.2) is 37.3 Å². The van der Waals surface area contributed by atoms with Crippen molar-refractivity contribution in [1.82, 2.24) is 4.90 Å². The maximum Gasteiger partial charge on any atom is 0.119 e. The molecule has 3 rings (SSSR count). The highest BCUT2D eigenvalue weighted by atomic mass is 16.5. The van der Waals surface area contributed by atoms with E-state index in [-0.39, 0.29) is 17.6 Å². The average Bonchev–Trinajstić information content (AvgIpc) is 2.64. The molecule has 1 saturated carbocycles. The van der Waals surface area contributed by atoms with E-state index in [0.29, 0.717) is 0 Å². The zero-order valence-corrected chi connectivity index (χ0v) is 15.5. The molecule has 3 atom stereocenters. The summed E-state index contributed by atoms with van der Waals surface area (Å²) in [7, 11) is 5.92. The van der Waals surface area contributed by atoms with Crippen molar-refractivity contribution in [3.05, 3.63) is 65.7 Å². The fourth-order valence-corrected chi connectivity index (χ4v) is 4.60. The summed E-state index contributed by atoms with van der Waals surface area (Å²) < 4.78 is 5.48. The van der Waals surface area contributed by atoms with E-state index in [0.717, 1.165) is 31.4 Å². The number of hydrogen-bond donors (Lipinski definition) is 1. The van der Waals surface area contributed by atoms with Crippen LogP contribution in [0.5, 0.6) is 5.75 Å². The predicted octanol–water partition coefficient (Wildman–Crippen LogP) is 4.17. The summed E-state index contributed by atoms with van der Waals surface area (Å²) in [6.07, 6.45) is 3.65. The molecule has 0 spiro atoms. The first-order valence-electron chi connectivity index (χ1n) is 9.13. The third-order valence-electron chi connectivity index (χ3n) is 5.64. The first-order valence-corrected chi connectivity index (χ1v) is 9.13. The summed E-state index contributed by atoms with van der Waals surface area (Å²) in [5.74, 6) is 0.847. The Balaban J connectivity index is 2.19. The molecule has 25 heavy (non-hydrogen) atoms. The van der Waals surface area contributed by atoms with Crippen molar-refractivity contribution in [3.8, 4) is 5.75 Å². The van der Waals surface area contributed by atoms with Gasteiger partial charge < -0.3 is 14.7 Å². The minimum Gasteiger partial charge on any atom is -0.497 e. The molecule has 2 aromatic rings. The lowest BCUT2D eigenvalue weighted by Crippen LogP contribution is -2.51.